The van der Waals surface area contributed by atoms with Crippen LogP contribution in [0.15, 0.2) is 59.6 Å². The van der Waals surface area contributed by atoms with Crippen molar-refractivity contribution in [2.24, 2.45) is 0 Å². The van der Waals surface area contributed by atoms with E-state index in [1.165, 1.54) is 12.1 Å². The summed E-state index contributed by atoms with van der Waals surface area (Å²) >= 11 is 0.754. The number of aromatic hydroxyl groups is 1. The Morgan fingerprint density at radius 2 is 1.90 bits per heavy atom. The first-order valence-corrected chi connectivity index (χ1v) is 10.2. The second kappa shape index (κ2) is 8.46. The van der Waals surface area contributed by atoms with Gasteiger partial charge >= 0.3 is 0 Å². The number of benzene rings is 2. The number of H-pyrrole nitrogens is 1. The molecule has 0 unspecified atom stereocenters. The predicted molar refractivity (Wildman–Crippen MR) is 116 cm³/mol. The lowest BCUT2D eigenvalue weighted by molar-refractivity contribution is -0.129. The van der Waals surface area contributed by atoms with Gasteiger partial charge in [0.15, 0.2) is 0 Å². The fourth-order valence-corrected chi connectivity index (χ4v) is 4.09. The van der Waals surface area contributed by atoms with Crippen LogP contribution < -0.4 is 5.32 Å². The van der Waals surface area contributed by atoms with Crippen molar-refractivity contribution in [3.63, 3.8) is 0 Å². The Labute approximate surface area is 176 Å². The number of fused-ring (bicyclic) bond motifs is 1. The zero-order chi connectivity index (χ0) is 21.1. The second-order valence-corrected chi connectivity index (χ2v) is 7.78. The van der Waals surface area contributed by atoms with Gasteiger partial charge in [0.2, 0.25) is 5.91 Å². The van der Waals surface area contributed by atoms with E-state index in [1.807, 2.05) is 30.5 Å². The number of amides is 3. The zero-order valence-electron chi connectivity index (χ0n) is 15.9. The predicted octanol–water partition coefficient (Wildman–Crippen LogP) is 3.27. The fraction of sp³-hybridized carbons (Fsp3) is 0.136. The van der Waals surface area contributed by atoms with Crippen LogP contribution in [0.4, 0.5) is 4.79 Å². The molecule has 1 aromatic heterocycles. The molecule has 3 aromatic rings. The number of nitrogens with one attached hydrogen (secondary N) is 2. The maximum absolute atomic E-state index is 12.5. The minimum absolute atomic E-state index is 0.0133. The molecule has 1 saturated heterocycles. The number of aromatic amines is 1. The highest BCUT2D eigenvalue weighted by molar-refractivity contribution is 8.18. The fourth-order valence-electron chi connectivity index (χ4n) is 3.26. The van der Waals surface area contributed by atoms with E-state index >= 15 is 0 Å². The number of phenols is 1. The monoisotopic (exact) mass is 421 g/mol. The SMILES string of the molecule is O=C(CN1C(=O)S/C(=C\c2ccccc2O)C1=O)NCCc1c[nH]c2ccccc12. The number of thioether (sulfide) groups is 1. The number of hydrogen-bond donors (Lipinski definition) is 3. The highest BCUT2D eigenvalue weighted by atomic mass is 32.2. The molecule has 0 spiro atoms. The summed E-state index contributed by atoms with van der Waals surface area (Å²) < 4.78 is 0. The molecule has 0 atom stereocenters. The Morgan fingerprint density at radius 1 is 1.13 bits per heavy atom. The molecule has 8 heteroatoms. The van der Waals surface area contributed by atoms with Crippen molar-refractivity contribution >= 4 is 45.8 Å². The van der Waals surface area contributed by atoms with Crippen molar-refractivity contribution in [2.75, 3.05) is 13.1 Å². The van der Waals surface area contributed by atoms with Crippen LogP contribution in [0.3, 0.4) is 0 Å². The van der Waals surface area contributed by atoms with E-state index in [0.29, 0.717) is 18.5 Å². The number of hydrogen-bond acceptors (Lipinski definition) is 5. The van der Waals surface area contributed by atoms with Crippen LogP contribution in [-0.2, 0) is 16.0 Å². The highest BCUT2D eigenvalue weighted by Gasteiger charge is 2.36. The number of carbonyl (C=O) groups is 3. The van der Waals surface area contributed by atoms with Crippen LogP contribution in [0.25, 0.3) is 17.0 Å². The van der Waals surface area contributed by atoms with Gasteiger partial charge in [-0.2, -0.15) is 0 Å². The summed E-state index contributed by atoms with van der Waals surface area (Å²) in [6.07, 6.45) is 4.00. The van der Waals surface area contributed by atoms with Crippen LogP contribution in [0.1, 0.15) is 11.1 Å². The van der Waals surface area contributed by atoms with Crippen molar-refractivity contribution < 1.29 is 19.5 Å². The Bertz CT molecular complexity index is 1170. The first-order chi connectivity index (χ1) is 14.5. The Kier molecular flexibility index (Phi) is 5.58. The summed E-state index contributed by atoms with van der Waals surface area (Å²) in [4.78, 5) is 41.3. The van der Waals surface area contributed by atoms with Gasteiger partial charge in [0.25, 0.3) is 11.1 Å². The van der Waals surface area contributed by atoms with Gasteiger partial charge in [0.1, 0.15) is 12.3 Å². The smallest absolute Gasteiger partial charge is 0.294 e. The van der Waals surface area contributed by atoms with Crippen molar-refractivity contribution in [1.29, 1.82) is 0 Å². The summed E-state index contributed by atoms with van der Waals surface area (Å²) in [6, 6.07) is 14.4. The first-order valence-electron chi connectivity index (χ1n) is 9.38. The van der Waals surface area contributed by atoms with E-state index in [4.69, 9.17) is 0 Å². The maximum Gasteiger partial charge on any atom is 0.294 e. The number of aromatic nitrogens is 1. The molecule has 0 radical (unpaired) electrons. The molecular weight excluding hydrogens is 402 g/mol. The van der Waals surface area contributed by atoms with Gasteiger partial charge in [-0.1, -0.05) is 36.4 Å². The third-order valence-corrected chi connectivity index (χ3v) is 5.70. The second-order valence-electron chi connectivity index (χ2n) is 6.79. The maximum atomic E-state index is 12.5. The number of nitrogens with zero attached hydrogens (tertiary/aromatic N) is 1. The molecule has 30 heavy (non-hydrogen) atoms. The van der Waals surface area contributed by atoms with Crippen LogP contribution >= 0.6 is 11.8 Å². The minimum atomic E-state index is -0.542. The Balaban J connectivity index is 1.34. The number of carbonyl (C=O) groups excluding carboxylic acids is 3. The van der Waals surface area contributed by atoms with Gasteiger partial charge in [-0.3, -0.25) is 19.3 Å². The molecule has 3 N–H and O–H groups in total. The lowest BCUT2D eigenvalue weighted by atomic mass is 10.1. The van der Waals surface area contributed by atoms with Crippen LogP contribution in [0, 0.1) is 0 Å². The summed E-state index contributed by atoms with van der Waals surface area (Å²) in [6.45, 7) is 0.0568. The van der Waals surface area contributed by atoms with Gasteiger partial charge in [-0.25, -0.2) is 0 Å². The largest absolute Gasteiger partial charge is 0.507 e. The van der Waals surface area contributed by atoms with E-state index in [1.54, 1.807) is 18.2 Å². The zero-order valence-corrected chi connectivity index (χ0v) is 16.7. The van der Waals surface area contributed by atoms with E-state index in [-0.39, 0.29) is 17.2 Å². The van der Waals surface area contributed by atoms with Gasteiger partial charge in [-0.15, -0.1) is 0 Å². The van der Waals surface area contributed by atoms with Crippen LogP contribution in [-0.4, -0.2) is 45.1 Å². The molecule has 3 amide bonds. The van der Waals surface area contributed by atoms with Gasteiger partial charge in [0.05, 0.1) is 4.91 Å². The van der Waals surface area contributed by atoms with Gasteiger partial charge < -0.3 is 15.4 Å². The molecule has 0 bridgehead atoms. The third-order valence-electron chi connectivity index (χ3n) is 4.79. The molecular formula is C22H19N3O4S. The number of imide groups is 1. The molecule has 2 aromatic carbocycles. The summed E-state index contributed by atoms with van der Waals surface area (Å²) in [5, 5.41) is 13.2. The highest BCUT2D eigenvalue weighted by Crippen LogP contribution is 2.33. The number of para-hydroxylation sites is 2. The molecule has 4 rings (SSSR count). The molecule has 1 aliphatic heterocycles. The van der Waals surface area contributed by atoms with Gasteiger partial charge in [-0.05, 0) is 42.0 Å². The van der Waals surface area contributed by atoms with Crippen LogP contribution in [0.2, 0.25) is 0 Å². The quantitative estimate of drug-likeness (QED) is 0.530. The van der Waals surface area contributed by atoms with E-state index in [0.717, 1.165) is 33.1 Å². The normalized spacial score (nSPS) is 15.3. The first kappa shape index (κ1) is 19.8. The number of rotatable bonds is 6. The molecule has 1 fully saturated rings. The summed E-state index contributed by atoms with van der Waals surface area (Å²) in [7, 11) is 0. The molecule has 2 heterocycles. The third kappa shape index (κ3) is 4.08. The topological polar surface area (TPSA) is 102 Å². The number of phenolic OH excluding ortho intramolecular Hbond substituents is 1. The van der Waals surface area contributed by atoms with Crippen LogP contribution in [0.5, 0.6) is 5.75 Å². The molecule has 0 aliphatic carbocycles. The summed E-state index contributed by atoms with van der Waals surface area (Å²) in [5.41, 5.74) is 2.56. The molecule has 7 nitrogen and oxygen atoms in total. The van der Waals surface area contributed by atoms with Crippen molar-refractivity contribution in [3.05, 3.63) is 70.8 Å². The van der Waals surface area contributed by atoms with E-state index in [2.05, 4.69) is 10.3 Å². The average molecular weight is 421 g/mol. The summed E-state index contributed by atoms with van der Waals surface area (Å²) in [5.74, 6) is -0.930. The van der Waals surface area contributed by atoms with E-state index in [9.17, 15) is 19.5 Å². The van der Waals surface area contributed by atoms with Crippen molar-refractivity contribution in [3.8, 4) is 5.75 Å². The minimum Gasteiger partial charge on any atom is -0.507 e. The van der Waals surface area contributed by atoms with Crippen molar-refractivity contribution in [2.45, 2.75) is 6.42 Å². The van der Waals surface area contributed by atoms with E-state index < -0.39 is 17.1 Å². The standard InChI is InChI=1S/C22H19N3O4S/c26-18-8-4-1-5-14(18)11-19-21(28)25(22(29)30-19)13-20(27)23-10-9-15-12-24-17-7-3-2-6-16(15)17/h1-8,11-12,24,26H,9-10,13H2,(H,23,27)/b19-11-. The molecule has 1 aliphatic rings. The Morgan fingerprint density at radius 3 is 2.73 bits per heavy atom. The molecule has 0 saturated carbocycles. The van der Waals surface area contributed by atoms with Crippen molar-refractivity contribution in [1.82, 2.24) is 15.2 Å². The molecule has 152 valence electrons. The van der Waals surface area contributed by atoms with Gasteiger partial charge in [0, 0.05) is 29.2 Å². The average Bonchev–Trinajstić information content (AvgIpc) is 3.26. The lowest BCUT2D eigenvalue weighted by Gasteiger charge is -2.12. The Hall–Kier alpha value is -3.52. The lowest BCUT2D eigenvalue weighted by Crippen LogP contribution is -2.40.